The van der Waals surface area contributed by atoms with Gasteiger partial charge in [-0.05, 0) is 18.2 Å². The number of anilines is 1. The molecule has 3 rings (SSSR count). The third-order valence-electron chi connectivity index (χ3n) is 2.77. The quantitative estimate of drug-likeness (QED) is 0.712. The molecule has 0 saturated heterocycles. The Kier molecular flexibility index (Phi) is 3.30. The second kappa shape index (κ2) is 5.11. The van der Waals surface area contributed by atoms with Crippen LogP contribution in [0, 0.1) is 0 Å². The van der Waals surface area contributed by atoms with E-state index in [0.29, 0.717) is 5.82 Å². The van der Waals surface area contributed by atoms with Crippen LogP contribution in [-0.4, -0.2) is 21.1 Å². The van der Waals surface area contributed by atoms with E-state index in [2.05, 4.69) is 20.5 Å². The molecular weight excluding hydrogens is 299 g/mol. The molecule has 0 saturated carbocycles. The molecule has 1 amide bonds. The average molecular weight is 307 g/mol. The van der Waals surface area contributed by atoms with Crippen molar-refractivity contribution < 1.29 is 4.79 Å². The van der Waals surface area contributed by atoms with Crippen LogP contribution in [0.1, 0.15) is 10.4 Å². The van der Waals surface area contributed by atoms with Crippen molar-refractivity contribution in [3.05, 3.63) is 52.3 Å². The second-order valence-corrected chi connectivity index (χ2v) is 4.85. The van der Waals surface area contributed by atoms with E-state index >= 15 is 0 Å². The minimum absolute atomic E-state index is 0.200. The maximum atomic E-state index is 12.2. The number of hydrogen-bond donors (Lipinski definition) is 2. The van der Waals surface area contributed by atoms with Crippen LogP contribution in [0.15, 0.2) is 36.5 Å². The Morgan fingerprint density at radius 3 is 2.90 bits per heavy atom. The molecule has 5 nitrogen and oxygen atoms in total. The van der Waals surface area contributed by atoms with Crippen LogP contribution < -0.4 is 5.32 Å². The van der Waals surface area contributed by atoms with E-state index in [-0.39, 0.29) is 15.7 Å². The molecule has 100 valence electrons. The van der Waals surface area contributed by atoms with Crippen molar-refractivity contribution in [1.29, 1.82) is 0 Å². The van der Waals surface area contributed by atoms with Gasteiger partial charge in [-0.1, -0.05) is 35.3 Å². The van der Waals surface area contributed by atoms with Gasteiger partial charge in [-0.25, -0.2) is 4.98 Å². The summed E-state index contributed by atoms with van der Waals surface area (Å²) in [5.41, 5.74) is 1.08. The zero-order valence-corrected chi connectivity index (χ0v) is 11.5. The van der Waals surface area contributed by atoms with Gasteiger partial charge in [-0.2, -0.15) is 5.10 Å². The number of benzene rings is 1. The predicted octanol–water partition coefficient (Wildman–Crippen LogP) is 3.52. The summed E-state index contributed by atoms with van der Waals surface area (Å²) in [5, 5.41) is 10.8. The highest BCUT2D eigenvalue weighted by molar-refractivity contribution is 6.35. The number of para-hydroxylation sites is 1. The smallest absolute Gasteiger partial charge is 0.258 e. The molecule has 2 N–H and O–H groups in total. The fraction of sp³-hybridized carbons (Fsp3) is 0. The fourth-order valence-corrected chi connectivity index (χ4v) is 2.17. The number of aromatic nitrogens is 3. The Morgan fingerprint density at radius 2 is 2.05 bits per heavy atom. The summed E-state index contributed by atoms with van der Waals surface area (Å²) in [5.74, 6) is 0.0474. The number of fused-ring (bicyclic) bond motifs is 1. The molecule has 0 aliphatic heterocycles. The molecule has 1 aromatic carbocycles. The first-order valence-electron chi connectivity index (χ1n) is 5.70. The molecule has 0 atom stereocenters. The van der Waals surface area contributed by atoms with Crippen molar-refractivity contribution in [2.75, 3.05) is 5.32 Å². The van der Waals surface area contributed by atoms with Crippen LogP contribution in [0.25, 0.3) is 10.9 Å². The number of nitrogens with one attached hydrogen (secondary N) is 2. The van der Waals surface area contributed by atoms with Crippen molar-refractivity contribution in [2.45, 2.75) is 0 Å². The summed E-state index contributed by atoms with van der Waals surface area (Å²) in [6, 6.07) is 8.88. The number of halogens is 2. The number of nitrogens with zero attached hydrogens (tertiary/aromatic N) is 2. The molecule has 0 bridgehead atoms. The van der Waals surface area contributed by atoms with Gasteiger partial charge in [0.1, 0.15) is 5.15 Å². The normalized spacial score (nSPS) is 10.7. The van der Waals surface area contributed by atoms with E-state index in [9.17, 15) is 4.79 Å². The van der Waals surface area contributed by atoms with Crippen molar-refractivity contribution in [1.82, 2.24) is 15.2 Å². The second-order valence-electron chi connectivity index (χ2n) is 4.06. The highest BCUT2D eigenvalue weighted by Gasteiger charge is 2.14. The highest BCUT2D eigenvalue weighted by Crippen LogP contribution is 2.23. The van der Waals surface area contributed by atoms with Gasteiger partial charge >= 0.3 is 0 Å². The summed E-state index contributed by atoms with van der Waals surface area (Å²) in [4.78, 5) is 16.0. The highest BCUT2D eigenvalue weighted by atomic mass is 35.5. The van der Waals surface area contributed by atoms with Crippen LogP contribution in [0.5, 0.6) is 0 Å². The van der Waals surface area contributed by atoms with Gasteiger partial charge in [0.2, 0.25) is 0 Å². The molecule has 7 heteroatoms. The lowest BCUT2D eigenvalue weighted by Crippen LogP contribution is -2.13. The standard InChI is InChI=1S/C13H8Cl2N4O/c14-9-6-16-11(15)5-8(9)13(20)17-12-7-3-1-2-4-10(7)18-19-12/h1-6H,(H2,17,18,19,20). The van der Waals surface area contributed by atoms with Crippen LogP contribution in [-0.2, 0) is 0 Å². The minimum atomic E-state index is -0.392. The number of aromatic amines is 1. The average Bonchev–Trinajstić information content (AvgIpc) is 2.85. The largest absolute Gasteiger partial charge is 0.305 e. The number of amides is 1. The zero-order chi connectivity index (χ0) is 14.1. The van der Waals surface area contributed by atoms with Gasteiger partial charge < -0.3 is 5.32 Å². The Morgan fingerprint density at radius 1 is 1.25 bits per heavy atom. The monoisotopic (exact) mass is 306 g/mol. The first-order chi connectivity index (χ1) is 9.65. The molecular formula is C13H8Cl2N4O. The molecule has 0 unspecified atom stereocenters. The third kappa shape index (κ3) is 2.33. The lowest BCUT2D eigenvalue weighted by Gasteiger charge is -2.04. The van der Waals surface area contributed by atoms with Crippen molar-refractivity contribution >= 4 is 45.8 Å². The van der Waals surface area contributed by atoms with Crippen LogP contribution in [0.2, 0.25) is 10.2 Å². The maximum absolute atomic E-state index is 12.2. The van der Waals surface area contributed by atoms with Gasteiger partial charge in [0.25, 0.3) is 5.91 Å². The topological polar surface area (TPSA) is 70.7 Å². The van der Waals surface area contributed by atoms with Crippen molar-refractivity contribution in [3.63, 3.8) is 0 Å². The Labute approximate surface area is 123 Å². The van der Waals surface area contributed by atoms with E-state index in [0.717, 1.165) is 10.9 Å². The van der Waals surface area contributed by atoms with E-state index in [1.54, 1.807) is 0 Å². The number of carbonyl (C=O) groups excluding carboxylic acids is 1. The van der Waals surface area contributed by atoms with Crippen molar-refractivity contribution in [2.24, 2.45) is 0 Å². The van der Waals surface area contributed by atoms with Gasteiger partial charge in [0, 0.05) is 11.6 Å². The Hall–Kier alpha value is -2.11. The van der Waals surface area contributed by atoms with Crippen molar-refractivity contribution in [3.8, 4) is 0 Å². The predicted molar refractivity (Wildman–Crippen MR) is 78.3 cm³/mol. The molecule has 2 aromatic heterocycles. The van der Waals surface area contributed by atoms with E-state index in [4.69, 9.17) is 23.2 Å². The first-order valence-corrected chi connectivity index (χ1v) is 6.46. The maximum Gasteiger partial charge on any atom is 0.258 e. The van der Waals surface area contributed by atoms with E-state index in [1.807, 2.05) is 24.3 Å². The molecule has 0 aliphatic carbocycles. The lowest BCUT2D eigenvalue weighted by atomic mass is 10.2. The summed E-state index contributed by atoms with van der Waals surface area (Å²) in [6.07, 6.45) is 1.33. The van der Waals surface area contributed by atoms with E-state index < -0.39 is 5.91 Å². The SMILES string of the molecule is O=C(Nc1n[nH]c2ccccc12)c1cc(Cl)ncc1Cl. The number of pyridine rings is 1. The number of H-pyrrole nitrogens is 1. The molecule has 0 spiro atoms. The van der Waals surface area contributed by atoms with Crippen LogP contribution in [0.3, 0.4) is 0 Å². The summed E-state index contributed by atoms with van der Waals surface area (Å²) >= 11 is 11.7. The third-order valence-corrected chi connectivity index (χ3v) is 3.28. The molecule has 20 heavy (non-hydrogen) atoms. The lowest BCUT2D eigenvalue weighted by molar-refractivity contribution is 0.102. The summed E-state index contributed by atoms with van der Waals surface area (Å²) < 4.78 is 0. The van der Waals surface area contributed by atoms with Gasteiger partial charge in [-0.15, -0.1) is 0 Å². The Balaban J connectivity index is 1.94. The summed E-state index contributed by atoms with van der Waals surface area (Å²) in [6.45, 7) is 0. The molecule has 3 aromatic rings. The molecule has 2 heterocycles. The zero-order valence-electron chi connectivity index (χ0n) is 10.0. The van der Waals surface area contributed by atoms with E-state index in [1.165, 1.54) is 12.3 Å². The molecule has 0 aliphatic rings. The van der Waals surface area contributed by atoms with Crippen LogP contribution in [0.4, 0.5) is 5.82 Å². The number of carbonyl (C=O) groups is 1. The first kappa shape index (κ1) is 12.9. The number of rotatable bonds is 2. The fourth-order valence-electron chi connectivity index (χ4n) is 1.82. The molecule has 0 fully saturated rings. The molecule has 0 radical (unpaired) electrons. The Bertz CT molecular complexity index is 800. The van der Waals surface area contributed by atoms with Gasteiger partial charge in [-0.3, -0.25) is 9.89 Å². The van der Waals surface area contributed by atoms with Gasteiger partial charge in [0.15, 0.2) is 5.82 Å². The minimum Gasteiger partial charge on any atom is -0.305 e. The van der Waals surface area contributed by atoms with Gasteiger partial charge in [0.05, 0.1) is 16.1 Å². The van der Waals surface area contributed by atoms with Crippen LogP contribution >= 0.6 is 23.2 Å². The number of hydrogen-bond acceptors (Lipinski definition) is 3. The summed E-state index contributed by atoms with van der Waals surface area (Å²) in [7, 11) is 0.